The number of rotatable bonds is 3. The third-order valence-electron chi connectivity index (χ3n) is 1.34. The molecule has 0 unspecified atom stereocenters. The number of allylic oxidation sites excluding steroid dienone is 1. The lowest BCUT2D eigenvalue weighted by molar-refractivity contribution is 0.325. The van der Waals surface area contributed by atoms with Crippen LogP contribution in [0.25, 0.3) is 5.57 Å². The van der Waals surface area contributed by atoms with Gasteiger partial charge in [0.25, 0.3) is 0 Å². The highest BCUT2D eigenvalue weighted by Crippen LogP contribution is 2.10. The highest BCUT2D eigenvalue weighted by atomic mass is 16.5. The zero-order valence-electron chi connectivity index (χ0n) is 7.37. The van der Waals surface area contributed by atoms with Gasteiger partial charge in [-0.25, -0.2) is 4.98 Å². The topological polar surface area (TPSA) is 35.0 Å². The van der Waals surface area contributed by atoms with Crippen molar-refractivity contribution in [1.29, 1.82) is 0 Å². The van der Waals surface area contributed by atoms with Gasteiger partial charge in [-0.1, -0.05) is 6.58 Å². The van der Waals surface area contributed by atoms with Gasteiger partial charge >= 0.3 is 0 Å². The maximum Gasteiger partial charge on any atom is 0.232 e. The first-order valence-corrected chi connectivity index (χ1v) is 3.84. The van der Waals surface area contributed by atoms with Crippen molar-refractivity contribution in [2.45, 2.75) is 13.8 Å². The SMILES string of the molecule is C=C(C)c1cncc(OCC)n1. The molecule has 0 bridgehead atoms. The van der Waals surface area contributed by atoms with Crippen molar-refractivity contribution in [2.24, 2.45) is 0 Å². The zero-order valence-corrected chi connectivity index (χ0v) is 7.37. The number of hydrogen-bond acceptors (Lipinski definition) is 3. The van der Waals surface area contributed by atoms with Crippen LogP contribution in [-0.4, -0.2) is 16.6 Å². The van der Waals surface area contributed by atoms with Crippen LogP contribution in [0, 0.1) is 0 Å². The molecular formula is C9H12N2O. The van der Waals surface area contributed by atoms with Gasteiger partial charge in [-0.2, -0.15) is 0 Å². The summed E-state index contributed by atoms with van der Waals surface area (Å²) in [5, 5.41) is 0. The van der Waals surface area contributed by atoms with Crippen LogP contribution in [0.15, 0.2) is 19.0 Å². The maximum atomic E-state index is 5.18. The summed E-state index contributed by atoms with van der Waals surface area (Å²) >= 11 is 0. The van der Waals surface area contributed by atoms with E-state index in [2.05, 4.69) is 16.5 Å². The smallest absolute Gasteiger partial charge is 0.232 e. The quantitative estimate of drug-likeness (QED) is 0.684. The number of aromatic nitrogens is 2. The van der Waals surface area contributed by atoms with Crippen molar-refractivity contribution >= 4 is 5.57 Å². The molecule has 0 aromatic carbocycles. The highest BCUT2D eigenvalue weighted by Gasteiger charge is 1.98. The molecule has 0 fully saturated rings. The molecule has 3 nitrogen and oxygen atoms in total. The molecule has 64 valence electrons. The summed E-state index contributed by atoms with van der Waals surface area (Å²) in [4.78, 5) is 8.15. The minimum absolute atomic E-state index is 0.554. The second kappa shape index (κ2) is 3.85. The normalized spacial score (nSPS) is 9.50. The molecule has 1 heterocycles. The van der Waals surface area contributed by atoms with E-state index in [1.807, 2.05) is 13.8 Å². The molecule has 0 aliphatic rings. The molecule has 0 spiro atoms. The second-order valence-corrected chi connectivity index (χ2v) is 2.46. The molecule has 1 aromatic heterocycles. The fourth-order valence-corrected chi connectivity index (χ4v) is 0.771. The van der Waals surface area contributed by atoms with E-state index in [0.717, 1.165) is 11.3 Å². The highest BCUT2D eigenvalue weighted by molar-refractivity contribution is 5.56. The summed E-state index contributed by atoms with van der Waals surface area (Å²) in [5.41, 5.74) is 1.67. The molecule has 0 aliphatic heterocycles. The van der Waals surface area contributed by atoms with Gasteiger partial charge in [0, 0.05) is 0 Å². The van der Waals surface area contributed by atoms with E-state index in [-0.39, 0.29) is 0 Å². The van der Waals surface area contributed by atoms with Crippen LogP contribution in [0.1, 0.15) is 19.5 Å². The van der Waals surface area contributed by atoms with E-state index in [4.69, 9.17) is 4.74 Å². The lowest BCUT2D eigenvalue weighted by atomic mass is 10.3. The Morgan fingerprint density at radius 3 is 2.92 bits per heavy atom. The summed E-state index contributed by atoms with van der Waals surface area (Å²) in [6.07, 6.45) is 3.26. The average molecular weight is 164 g/mol. The Labute approximate surface area is 72.1 Å². The van der Waals surface area contributed by atoms with Gasteiger partial charge in [0.2, 0.25) is 5.88 Å². The maximum absolute atomic E-state index is 5.18. The van der Waals surface area contributed by atoms with Gasteiger partial charge in [0.15, 0.2) is 0 Å². The average Bonchev–Trinajstić information content (AvgIpc) is 2.05. The Kier molecular flexibility index (Phi) is 2.80. The molecule has 0 radical (unpaired) electrons. The fraction of sp³-hybridized carbons (Fsp3) is 0.333. The first kappa shape index (κ1) is 8.71. The van der Waals surface area contributed by atoms with Crippen LogP contribution in [0.3, 0.4) is 0 Å². The van der Waals surface area contributed by atoms with Gasteiger partial charge in [0.05, 0.1) is 24.7 Å². The molecule has 0 atom stereocenters. The number of ether oxygens (including phenoxy) is 1. The van der Waals surface area contributed by atoms with Gasteiger partial charge < -0.3 is 4.74 Å². The first-order valence-electron chi connectivity index (χ1n) is 3.84. The standard InChI is InChI=1S/C9H12N2O/c1-4-12-9-6-10-5-8(11-9)7(2)3/h5-6H,2,4H2,1,3H3. The molecule has 0 saturated carbocycles. The molecular weight excluding hydrogens is 152 g/mol. The Balaban J connectivity index is 2.88. The lowest BCUT2D eigenvalue weighted by Gasteiger charge is -2.02. The van der Waals surface area contributed by atoms with Crippen LogP contribution in [0.4, 0.5) is 0 Å². The van der Waals surface area contributed by atoms with Crippen molar-refractivity contribution in [3.63, 3.8) is 0 Å². The van der Waals surface area contributed by atoms with Crippen LogP contribution in [0.2, 0.25) is 0 Å². The van der Waals surface area contributed by atoms with Crippen molar-refractivity contribution in [3.05, 3.63) is 24.7 Å². The third kappa shape index (κ3) is 2.05. The van der Waals surface area contributed by atoms with E-state index in [9.17, 15) is 0 Å². The second-order valence-electron chi connectivity index (χ2n) is 2.46. The Hall–Kier alpha value is -1.38. The molecule has 1 rings (SSSR count). The summed E-state index contributed by atoms with van der Waals surface area (Å²) in [6, 6.07) is 0. The summed E-state index contributed by atoms with van der Waals surface area (Å²) in [5.74, 6) is 0.554. The van der Waals surface area contributed by atoms with E-state index in [0.29, 0.717) is 12.5 Å². The molecule has 12 heavy (non-hydrogen) atoms. The minimum atomic E-state index is 0.554. The van der Waals surface area contributed by atoms with Crippen molar-refractivity contribution in [2.75, 3.05) is 6.61 Å². The van der Waals surface area contributed by atoms with E-state index in [1.54, 1.807) is 12.4 Å². The third-order valence-corrected chi connectivity index (χ3v) is 1.34. The van der Waals surface area contributed by atoms with Crippen molar-refractivity contribution in [1.82, 2.24) is 9.97 Å². The van der Waals surface area contributed by atoms with Gasteiger partial charge in [-0.05, 0) is 19.4 Å². The summed E-state index contributed by atoms with van der Waals surface area (Å²) in [6.45, 7) is 8.17. The molecule has 0 saturated heterocycles. The van der Waals surface area contributed by atoms with Crippen LogP contribution >= 0.6 is 0 Å². The van der Waals surface area contributed by atoms with Crippen molar-refractivity contribution in [3.8, 4) is 5.88 Å². The Bertz CT molecular complexity index is 284. The summed E-state index contributed by atoms with van der Waals surface area (Å²) in [7, 11) is 0. The summed E-state index contributed by atoms with van der Waals surface area (Å²) < 4.78 is 5.18. The van der Waals surface area contributed by atoms with E-state index < -0.39 is 0 Å². The van der Waals surface area contributed by atoms with Gasteiger partial charge in [0.1, 0.15) is 0 Å². The van der Waals surface area contributed by atoms with Crippen LogP contribution in [0.5, 0.6) is 5.88 Å². The number of hydrogen-bond donors (Lipinski definition) is 0. The molecule has 0 N–H and O–H groups in total. The molecule has 0 aliphatic carbocycles. The molecule has 3 heteroatoms. The minimum Gasteiger partial charge on any atom is -0.477 e. The zero-order chi connectivity index (χ0) is 8.97. The monoisotopic (exact) mass is 164 g/mol. The predicted octanol–water partition coefficient (Wildman–Crippen LogP) is 1.91. The van der Waals surface area contributed by atoms with Crippen LogP contribution in [-0.2, 0) is 0 Å². The van der Waals surface area contributed by atoms with Crippen molar-refractivity contribution < 1.29 is 4.74 Å². The molecule has 1 aromatic rings. The number of nitrogens with zero attached hydrogens (tertiary/aromatic N) is 2. The van der Waals surface area contributed by atoms with Gasteiger partial charge in [-0.15, -0.1) is 0 Å². The molecule has 0 amide bonds. The first-order chi connectivity index (χ1) is 5.74. The van der Waals surface area contributed by atoms with Gasteiger partial charge in [-0.3, -0.25) is 4.98 Å². The van der Waals surface area contributed by atoms with E-state index in [1.165, 1.54) is 0 Å². The fourth-order valence-electron chi connectivity index (χ4n) is 0.771. The lowest BCUT2D eigenvalue weighted by Crippen LogP contribution is -1.97. The largest absolute Gasteiger partial charge is 0.477 e. The Morgan fingerprint density at radius 1 is 1.58 bits per heavy atom. The predicted molar refractivity (Wildman–Crippen MR) is 47.9 cm³/mol. The van der Waals surface area contributed by atoms with E-state index >= 15 is 0 Å². The Morgan fingerprint density at radius 2 is 2.33 bits per heavy atom. The van der Waals surface area contributed by atoms with Crippen LogP contribution < -0.4 is 4.74 Å².